The van der Waals surface area contributed by atoms with E-state index >= 15 is 0 Å². The van der Waals surface area contributed by atoms with E-state index in [0.29, 0.717) is 12.5 Å². The summed E-state index contributed by atoms with van der Waals surface area (Å²) in [7, 11) is 1.70. The number of carbonyl (C=O) groups is 1. The van der Waals surface area contributed by atoms with Crippen molar-refractivity contribution in [2.45, 2.75) is 19.8 Å². The fourth-order valence-electron chi connectivity index (χ4n) is 3.52. The van der Waals surface area contributed by atoms with Crippen molar-refractivity contribution in [1.29, 1.82) is 0 Å². The average molecular weight is 331 g/mol. The molecule has 132 valence electrons. The average Bonchev–Trinajstić information content (AvgIpc) is 2.63. The van der Waals surface area contributed by atoms with E-state index in [0.717, 1.165) is 63.8 Å². The lowest BCUT2D eigenvalue weighted by molar-refractivity contribution is -0.133. The highest BCUT2D eigenvalue weighted by Gasteiger charge is 2.24. The molecule has 5 nitrogen and oxygen atoms in total. The normalized spacial score (nSPS) is 20.2. The molecule has 0 bridgehead atoms. The van der Waals surface area contributed by atoms with Gasteiger partial charge in [-0.15, -0.1) is 0 Å². The van der Waals surface area contributed by atoms with Gasteiger partial charge in [0, 0.05) is 51.0 Å². The van der Waals surface area contributed by atoms with Crippen molar-refractivity contribution in [3.63, 3.8) is 0 Å². The highest BCUT2D eigenvalue weighted by Crippen LogP contribution is 2.22. The first-order valence-corrected chi connectivity index (χ1v) is 9.05. The second-order valence-corrected chi connectivity index (χ2v) is 7.03. The summed E-state index contributed by atoms with van der Waals surface area (Å²) < 4.78 is 5.31. The van der Waals surface area contributed by atoms with Crippen LogP contribution in [0.3, 0.4) is 0 Å². The van der Waals surface area contributed by atoms with Crippen LogP contribution in [0.15, 0.2) is 24.3 Å². The van der Waals surface area contributed by atoms with E-state index in [1.54, 1.807) is 7.11 Å². The van der Waals surface area contributed by atoms with Gasteiger partial charge in [0.1, 0.15) is 5.75 Å². The number of nitrogens with zero attached hydrogens (tertiary/aromatic N) is 3. The summed E-state index contributed by atoms with van der Waals surface area (Å²) in [5.74, 6) is 1.96. The zero-order valence-electron chi connectivity index (χ0n) is 14.9. The predicted molar refractivity (Wildman–Crippen MR) is 96.6 cm³/mol. The molecule has 0 unspecified atom stereocenters. The van der Waals surface area contributed by atoms with E-state index in [1.807, 2.05) is 12.1 Å². The molecule has 2 fully saturated rings. The van der Waals surface area contributed by atoms with Crippen LogP contribution in [0.5, 0.6) is 5.75 Å². The largest absolute Gasteiger partial charge is 0.497 e. The number of rotatable bonds is 4. The molecule has 2 heterocycles. The van der Waals surface area contributed by atoms with Gasteiger partial charge in [-0.2, -0.15) is 0 Å². The van der Waals surface area contributed by atoms with Crippen LogP contribution in [0.1, 0.15) is 19.8 Å². The highest BCUT2D eigenvalue weighted by atomic mass is 16.5. The Morgan fingerprint density at radius 1 is 1.12 bits per heavy atom. The first kappa shape index (κ1) is 17.1. The minimum Gasteiger partial charge on any atom is -0.497 e. The summed E-state index contributed by atoms with van der Waals surface area (Å²) in [5, 5.41) is 0. The summed E-state index contributed by atoms with van der Waals surface area (Å²) in [6.07, 6.45) is 2.30. The van der Waals surface area contributed by atoms with Crippen LogP contribution in [0.2, 0.25) is 0 Å². The van der Waals surface area contributed by atoms with Gasteiger partial charge in [0.05, 0.1) is 13.7 Å². The number of piperazine rings is 1. The standard InChI is InChI=1S/C19H29N3O2/c1-16-6-8-22(9-7-16)19(23)15-20-10-12-21(13-11-20)17-4-3-5-18(14-17)24-2/h3-5,14,16H,6-13,15H2,1-2H3. The van der Waals surface area contributed by atoms with Gasteiger partial charge in [-0.3, -0.25) is 9.69 Å². The lowest BCUT2D eigenvalue weighted by Crippen LogP contribution is -2.51. The van der Waals surface area contributed by atoms with Gasteiger partial charge < -0.3 is 14.5 Å². The van der Waals surface area contributed by atoms with Crippen LogP contribution in [0.25, 0.3) is 0 Å². The number of carbonyl (C=O) groups excluding carboxylic acids is 1. The van der Waals surface area contributed by atoms with Crippen molar-refractivity contribution in [2.75, 3.05) is 57.8 Å². The molecule has 5 heteroatoms. The number of amides is 1. The lowest BCUT2D eigenvalue weighted by atomic mass is 9.99. The van der Waals surface area contributed by atoms with Gasteiger partial charge in [0.2, 0.25) is 5.91 Å². The Labute approximate surface area is 145 Å². The maximum absolute atomic E-state index is 12.5. The Morgan fingerprint density at radius 2 is 1.83 bits per heavy atom. The van der Waals surface area contributed by atoms with Crippen molar-refractivity contribution < 1.29 is 9.53 Å². The molecule has 3 rings (SSSR count). The van der Waals surface area contributed by atoms with E-state index in [2.05, 4.69) is 33.8 Å². The molecule has 1 amide bonds. The lowest BCUT2D eigenvalue weighted by Gasteiger charge is -2.37. The molecule has 2 saturated heterocycles. The number of likely N-dealkylation sites (tertiary alicyclic amines) is 1. The Morgan fingerprint density at radius 3 is 2.50 bits per heavy atom. The van der Waals surface area contributed by atoms with Crippen LogP contribution < -0.4 is 9.64 Å². The van der Waals surface area contributed by atoms with E-state index in [-0.39, 0.29) is 0 Å². The molecule has 0 aliphatic carbocycles. The Kier molecular flexibility index (Phi) is 5.61. The first-order chi connectivity index (χ1) is 11.7. The molecule has 0 aromatic heterocycles. The number of methoxy groups -OCH3 is 1. The van der Waals surface area contributed by atoms with Gasteiger partial charge in [0.25, 0.3) is 0 Å². The monoisotopic (exact) mass is 331 g/mol. The van der Waals surface area contributed by atoms with Crippen LogP contribution in [0, 0.1) is 5.92 Å². The van der Waals surface area contributed by atoms with Gasteiger partial charge in [-0.05, 0) is 30.9 Å². The van der Waals surface area contributed by atoms with Gasteiger partial charge in [0.15, 0.2) is 0 Å². The zero-order chi connectivity index (χ0) is 16.9. The number of ether oxygens (including phenoxy) is 1. The predicted octanol–water partition coefficient (Wildman–Crippen LogP) is 2.08. The van der Waals surface area contributed by atoms with E-state index in [9.17, 15) is 4.79 Å². The molecule has 1 aromatic rings. The van der Waals surface area contributed by atoms with Crippen molar-refractivity contribution in [2.24, 2.45) is 5.92 Å². The second kappa shape index (κ2) is 7.88. The van der Waals surface area contributed by atoms with Crippen molar-refractivity contribution >= 4 is 11.6 Å². The minimum atomic E-state index is 0.303. The molecule has 2 aliphatic rings. The Bertz CT molecular complexity index is 547. The van der Waals surface area contributed by atoms with E-state index in [4.69, 9.17) is 4.74 Å². The Balaban J connectivity index is 1.47. The molecule has 0 N–H and O–H groups in total. The number of anilines is 1. The summed E-state index contributed by atoms with van der Waals surface area (Å²) in [6.45, 7) is 8.50. The highest BCUT2D eigenvalue weighted by molar-refractivity contribution is 5.78. The maximum Gasteiger partial charge on any atom is 0.236 e. The molecule has 1 aromatic carbocycles. The molecule has 0 atom stereocenters. The van der Waals surface area contributed by atoms with Gasteiger partial charge in [-0.25, -0.2) is 0 Å². The van der Waals surface area contributed by atoms with Crippen LogP contribution >= 0.6 is 0 Å². The smallest absolute Gasteiger partial charge is 0.236 e. The fraction of sp³-hybridized carbons (Fsp3) is 0.632. The molecular formula is C19H29N3O2. The number of hydrogen-bond donors (Lipinski definition) is 0. The summed E-state index contributed by atoms with van der Waals surface area (Å²) in [4.78, 5) is 19.2. The fourth-order valence-corrected chi connectivity index (χ4v) is 3.52. The van der Waals surface area contributed by atoms with Crippen LogP contribution in [-0.2, 0) is 4.79 Å². The maximum atomic E-state index is 12.5. The summed E-state index contributed by atoms with van der Waals surface area (Å²) in [6, 6.07) is 8.20. The third-order valence-electron chi connectivity index (χ3n) is 5.29. The second-order valence-electron chi connectivity index (χ2n) is 7.03. The van der Waals surface area contributed by atoms with Gasteiger partial charge in [-0.1, -0.05) is 13.0 Å². The van der Waals surface area contributed by atoms with E-state index < -0.39 is 0 Å². The molecule has 0 saturated carbocycles. The summed E-state index contributed by atoms with van der Waals surface area (Å²) in [5.41, 5.74) is 1.20. The van der Waals surface area contributed by atoms with Crippen LogP contribution in [-0.4, -0.2) is 68.6 Å². The molecule has 2 aliphatic heterocycles. The molecule has 24 heavy (non-hydrogen) atoms. The topological polar surface area (TPSA) is 36.0 Å². The zero-order valence-corrected chi connectivity index (χ0v) is 14.9. The number of benzene rings is 1. The molecule has 0 spiro atoms. The number of hydrogen-bond acceptors (Lipinski definition) is 4. The molecular weight excluding hydrogens is 302 g/mol. The van der Waals surface area contributed by atoms with Gasteiger partial charge >= 0.3 is 0 Å². The third-order valence-corrected chi connectivity index (χ3v) is 5.29. The SMILES string of the molecule is COc1cccc(N2CCN(CC(=O)N3CCC(C)CC3)CC2)c1. The summed E-state index contributed by atoms with van der Waals surface area (Å²) >= 11 is 0. The van der Waals surface area contributed by atoms with Crippen molar-refractivity contribution in [3.05, 3.63) is 24.3 Å². The van der Waals surface area contributed by atoms with Crippen molar-refractivity contribution in [1.82, 2.24) is 9.80 Å². The first-order valence-electron chi connectivity index (χ1n) is 9.05. The third kappa shape index (κ3) is 4.20. The Hall–Kier alpha value is -1.75. The van der Waals surface area contributed by atoms with Crippen molar-refractivity contribution in [3.8, 4) is 5.75 Å². The van der Waals surface area contributed by atoms with E-state index in [1.165, 1.54) is 5.69 Å². The van der Waals surface area contributed by atoms with Crippen LogP contribution in [0.4, 0.5) is 5.69 Å². The number of piperidine rings is 1. The quantitative estimate of drug-likeness (QED) is 0.846. The minimum absolute atomic E-state index is 0.303. The molecule has 0 radical (unpaired) electrons.